The Labute approximate surface area is 481 Å². The van der Waals surface area contributed by atoms with E-state index in [1.807, 2.05) is 0 Å². The van der Waals surface area contributed by atoms with Crippen LogP contribution in [0.3, 0.4) is 0 Å². The van der Waals surface area contributed by atoms with E-state index in [0.717, 1.165) is 0 Å². The van der Waals surface area contributed by atoms with Crippen LogP contribution in [-0.2, 0) is 35.2 Å². The smallest absolute Gasteiger partial charge is 0.201 e. The molecule has 0 spiro atoms. The van der Waals surface area contributed by atoms with Gasteiger partial charge in [-0.1, -0.05) is 84.9 Å². The molecule has 0 radical (unpaired) electrons. The SMILES string of the molecule is Cc1cc[n+](C)c(-c2cccc(C)c2C)c1.Cc1cccc(C)c1-c1cccc(C)[n+]1C.Cc1cccc(C)c1-c1cccc(C)[n+]1C.Cc1ccccc1-c1c(C)ccc(C)[n+]1C.Cc1ccccc1-c1c(C)ccc(C)[n+]1C. The van der Waals surface area contributed by atoms with Gasteiger partial charge in [0.25, 0.3) is 0 Å². The lowest BCUT2D eigenvalue weighted by Crippen LogP contribution is -2.35. The molecule has 10 aromatic rings. The highest BCUT2D eigenvalue weighted by atomic mass is 15.0. The van der Waals surface area contributed by atoms with Crippen molar-refractivity contribution in [3.63, 3.8) is 0 Å². The largest absolute Gasteiger partial charge is 0.215 e. The third-order valence-corrected chi connectivity index (χ3v) is 16.0. The second kappa shape index (κ2) is 27.6. The minimum absolute atomic E-state index is 1.28. The summed E-state index contributed by atoms with van der Waals surface area (Å²) in [6.07, 6.45) is 2.12. The van der Waals surface area contributed by atoms with Gasteiger partial charge in [0.2, 0.25) is 28.5 Å². The molecule has 80 heavy (non-hydrogen) atoms. The number of aryl methyl sites for hydroxylation is 15. The summed E-state index contributed by atoms with van der Waals surface area (Å²) in [5.74, 6) is 0. The van der Waals surface area contributed by atoms with Crippen molar-refractivity contribution in [2.45, 2.75) is 104 Å². The van der Waals surface area contributed by atoms with Crippen LogP contribution in [-0.4, -0.2) is 0 Å². The van der Waals surface area contributed by atoms with Gasteiger partial charge >= 0.3 is 0 Å². The second-order valence-electron chi connectivity index (χ2n) is 22.0. The Kier molecular flexibility index (Phi) is 21.1. The first-order chi connectivity index (χ1) is 38.0. The zero-order valence-corrected chi connectivity index (χ0v) is 52.1. The van der Waals surface area contributed by atoms with Gasteiger partial charge in [0.05, 0.1) is 11.1 Å². The Morgan fingerprint density at radius 3 is 1.00 bits per heavy atom. The predicted octanol–water partition coefficient (Wildman–Crippen LogP) is 15.5. The normalized spacial score (nSPS) is 10.5. The molecule has 5 aromatic carbocycles. The molecule has 0 saturated heterocycles. The van der Waals surface area contributed by atoms with Gasteiger partial charge in [-0.15, -0.1) is 0 Å². The molecule has 410 valence electrons. The average molecular weight is 1060 g/mol. The Morgan fingerprint density at radius 1 is 0.250 bits per heavy atom. The van der Waals surface area contributed by atoms with Crippen LogP contribution >= 0.6 is 0 Å². The summed E-state index contributed by atoms with van der Waals surface area (Å²) in [7, 11) is 10.6. The van der Waals surface area contributed by atoms with Crippen LogP contribution in [0, 0.1) is 104 Å². The molecular formula is C75H90N5+5. The Balaban J connectivity index is 0.000000161. The van der Waals surface area contributed by atoms with Gasteiger partial charge in [-0.25, -0.2) is 4.57 Å². The summed E-state index contributed by atoms with van der Waals surface area (Å²) in [5, 5.41) is 0. The number of nitrogens with zero attached hydrogens (tertiary/aromatic N) is 5. The molecule has 0 bridgehead atoms. The Morgan fingerprint density at radius 2 is 0.588 bits per heavy atom. The Hall–Kier alpha value is -8.15. The molecule has 10 rings (SSSR count). The van der Waals surface area contributed by atoms with Crippen LogP contribution in [0.25, 0.3) is 56.3 Å². The van der Waals surface area contributed by atoms with Crippen molar-refractivity contribution in [2.75, 3.05) is 0 Å². The molecule has 5 heteroatoms. The van der Waals surface area contributed by atoms with Gasteiger partial charge in [0.15, 0.2) is 29.0 Å². The van der Waals surface area contributed by atoms with Gasteiger partial charge in [-0.05, 0) is 169 Å². The fourth-order valence-corrected chi connectivity index (χ4v) is 10.5. The maximum absolute atomic E-state index is 2.26. The lowest BCUT2D eigenvalue weighted by molar-refractivity contribution is -0.667. The molecule has 5 aromatic heterocycles. The lowest BCUT2D eigenvalue weighted by atomic mass is 9.99. The molecule has 5 nitrogen and oxygen atoms in total. The van der Waals surface area contributed by atoms with Crippen LogP contribution in [0.4, 0.5) is 0 Å². The van der Waals surface area contributed by atoms with E-state index in [2.05, 4.69) is 344 Å². The maximum atomic E-state index is 2.26. The van der Waals surface area contributed by atoms with E-state index in [1.54, 1.807) is 0 Å². The molecule has 0 amide bonds. The molecule has 0 aliphatic heterocycles. The van der Waals surface area contributed by atoms with Gasteiger partial charge in [0.1, 0.15) is 35.2 Å². The van der Waals surface area contributed by atoms with Crippen LogP contribution in [0.1, 0.15) is 84.0 Å². The van der Waals surface area contributed by atoms with Gasteiger partial charge in [-0.3, -0.25) is 0 Å². The molecule has 5 heterocycles. The van der Waals surface area contributed by atoms with Crippen molar-refractivity contribution in [1.29, 1.82) is 0 Å². The quantitative estimate of drug-likeness (QED) is 0.153. The maximum Gasteiger partial charge on any atom is 0.215 e. The van der Waals surface area contributed by atoms with E-state index in [4.69, 9.17) is 0 Å². The van der Waals surface area contributed by atoms with Crippen molar-refractivity contribution in [3.8, 4) is 56.3 Å². The minimum atomic E-state index is 1.28. The second-order valence-corrected chi connectivity index (χ2v) is 22.0. The zero-order chi connectivity index (χ0) is 58.5. The fourth-order valence-electron chi connectivity index (χ4n) is 10.5. The summed E-state index contributed by atoms with van der Waals surface area (Å²) < 4.78 is 11.2. The molecule has 0 fully saturated rings. The Bertz CT molecular complexity index is 3550. The number of benzene rings is 5. The van der Waals surface area contributed by atoms with Crippen LogP contribution in [0.2, 0.25) is 0 Å². The number of aromatic nitrogens is 5. The molecule has 0 atom stereocenters. The molecular weight excluding hydrogens is 971 g/mol. The van der Waals surface area contributed by atoms with Gasteiger partial charge in [-0.2, -0.15) is 18.3 Å². The third kappa shape index (κ3) is 14.6. The first-order valence-electron chi connectivity index (χ1n) is 28.2. The highest BCUT2D eigenvalue weighted by Gasteiger charge is 2.20. The summed E-state index contributed by atoms with van der Waals surface area (Å²) in [5.41, 5.74) is 32.9. The van der Waals surface area contributed by atoms with Gasteiger partial charge in [0, 0.05) is 104 Å². The van der Waals surface area contributed by atoms with Gasteiger partial charge < -0.3 is 0 Å². The van der Waals surface area contributed by atoms with Crippen molar-refractivity contribution in [2.24, 2.45) is 35.2 Å². The molecule has 0 unspecified atom stereocenters. The van der Waals surface area contributed by atoms with Crippen LogP contribution in [0.5, 0.6) is 0 Å². The highest BCUT2D eigenvalue weighted by molar-refractivity contribution is 5.68. The van der Waals surface area contributed by atoms with E-state index in [0.29, 0.717) is 0 Å². The molecule has 0 N–H and O–H groups in total. The first kappa shape index (κ1) is 61.1. The molecule has 0 aliphatic rings. The molecule has 0 saturated carbocycles. The molecule has 0 aliphatic carbocycles. The van der Waals surface area contributed by atoms with E-state index in [-0.39, 0.29) is 0 Å². The van der Waals surface area contributed by atoms with E-state index >= 15 is 0 Å². The number of rotatable bonds is 5. The van der Waals surface area contributed by atoms with Crippen molar-refractivity contribution < 1.29 is 22.8 Å². The van der Waals surface area contributed by atoms with Crippen molar-refractivity contribution in [3.05, 3.63) is 266 Å². The predicted molar refractivity (Wildman–Crippen MR) is 336 cm³/mol. The lowest BCUT2D eigenvalue weighted by Gasteiger charge is -2.08. The topological polar surface area (TPSA) is 19.4 Å². The van der Waals surface area contributed by atoms with Crippen LogP contribution in [0.15, 0.2) is 182 Å². The summed E-state index contributed by atoms with van der Waals surface area (Å²) >= 11 is 0. The monoisotopic (exact) mass is 1060 g/mol. The van der Waals surface area contributed by atoms with E-state index in [9.17, 15) is 0 Å². The minimum Gasteiger partial charge on any atom is -0.201 e. The summed E-state index contributed by atoms with van der Waals surface area (Å²) in [6.45, 7) is 32.4. The standard InChI is InChI=1S/5C15H18N/c2*1-11-7-5-8-12(2)15(11)14-10-6-9-13(3)16(14)4;1-11-8-9-16(4)15(10-11)14-7-5-6-12(2)13(14)3;2*1-11-7-5-6-8-14(11)15-12(2)9-10-13(3)16(15)4/h5*5-10H,1-4H3/q5*+1. The number of pyridine rings is 5. The van der Waals surface area contributed by atoms with E-state index < -0.39 is 0 Å². The highest BCUT2D eigenvalue weighted by Crippen LogP contribution is 2.28. The van der Waals surface area contributed by atoms with Crippen LogP contribution < -0.4 is 22.8 Å². The van der Waals surface area contributed by atoms with Crippen molar-refractivity contribution in [1.82, 2.24) is 0 Å². The summed E-state index contributed by atoms with van der Waals surface area (Å²) in [4.78, 5) is 0. The number of hydrogen-bond acceptors (Lipinski definition) is 0. The summed E-state index contributed by atoms with van der Waals surface area (Å²) in [6, 6.07) is 62.4. The zero-order valence-electron chi connectivity index (χ0n) is 52.1. The third-order valence-electron chi connectivity index (χ3n) is 16.0. The number of hydrogen-bond donors (Lipinski definition) is 0. The van der Waals surface area contributed by atoms with Crippen molar-refractivity contribution >= 4 is 0 Å². The first-order valence-corrected chi connectivity index (χ1v) is 28.2. The average Bonchev–Trinajstić information content (AvgIpc) is 3.42. The van der Waals surface area contributed by atoms with E-state index in [1.165, 1.54) is 140 Å². The fraction of sp³-hybridized carbons (Fsp3) is 0.267.